The Labute approximate surface area is 196 Å². The van der Waals surface area contributed by atoms with Crippen molar-refractivity contribution in [3.8, 4) is 0 Å². The first kappa shape index (κ1) is 22.7. The van der Waals surface area contributed by atoms with Crippen LogP contribution in [0.3, 0.4) is 0 Å². The summed E-state index contributed by atoms with van der Waals surface area (Å²) >= 11 is 3.39. The van der Waals surface area contributed by atoms with E-state index in [0.717, 1.165) is 54.9 Å². The molecule has 2 fully saturated rings. The van der Waals surface area contributed by atoms with Crippen molar-refractivity contribution < 1.29 is 24.3 Å². The van der Waals surface area contributed by atoms with Crippen LogP contribution >= 0.6 is 15.9 Å². The molecule has 2 aliphatic rings. The normalized spacial score (nSPS) is 21.3. The van der Waals surface area contributed by atoms with Gasteiger partial charge in [0.05, 0.1) is 31.4 Å². The highest BCUT2D eigenvalue weighted by Crippen LogP contribution is 2.39. The number of halogens is 1. The number of rotatable bonds is 6. The summed E-state index contributed by atoms with van der Waals surface area (Å²) in [6.45, 7) is 6.82. The number of likely N-dealkylation sites (tertiary alicyclic amines) is 1. The van der Waals surface area contributed by atoms with Crippen LogP contribution in [0.15, 0.2) is 58.6 Å². The number of aryl methyl sites for hydroxylation is 1. The molecule has 0 unspecified atom stereocenters. The molecule has 32 heavy (non-hydrogen) atoms. The van der Waals surface area contributed by atoms with E-state index in [9.17, 15) is 14.7 Å². The van der Waals surface area contributed by atoms with Gasteiger partial charge >= 0.3 is 0 Å². The summed E-state index contributed by atoms with van der Waals surface area (Å²) in [5.41, 5.74) is 2.59. The van der Waals surface area contributed by atoms with E-state index in [2.05, 4.69) is 15.9 Å². The van der Waals surface area contributed by atoms with Crippen molar-refractivity contribution in [2.45, 2.75) is 19.4 Å². The molecule has 0 saturated carbocycles. The van der Waals surface area contributed by atoms with Gasteiger partial charge in [0.25, 0.3) is 11.7 Å². The summed E-state index contributed by atoms with van der Waals surface area (Å²) in [4.78, 5) is 29.2. The zero-order chi connectivity index (χ0) is 22.7. The number of hydrogen-bond donors (Lipinski definition) is 2. The minimum absolute atomic E-state index is 0.136. The van der Waals surface area contributed by atoms with Crippen molar-refractivity contribution in [3.05, 3.63) is 75.3 Å². The number of aliphatic hydroxyl groups excluding tert-OH is 1. The number of quaternary nitrogens is 1. The molecule has 1 atom stereocenters. The molecule has 2 aromatic carbocycles. The SMILES string of the molecule is Cc1ccc([C@@H]2C(=C(O)c3ccc(Br)cc3)C(=O)C(=O)N2CCC[NH+]2CCOCC2)cc1. The van der Waals surface area contributed by atoms with Gasteiger partial charge in [-0.25, -0.2) is 0 Å². The quantitative estimate of drug-likeness (QED) is 0.364. The maximum atomic E-state index is 13.1. The molecule has 7 heteroatoms. The zero-order valence-corrected chi connectivity index (χ0v) is 19.7. The van der Waals surface area contributed by atoms with Gasteiger partial charge in [-0.2, -0.15) is 0 Å². The minimum atomic E-state index is -0.630. The van der Waals surface area contributed by atoms with Crippen LogP contribution in [0.1, 0.15) is 29.2 Å². The number of nitrogens with one attached hydrogen (secondary N) is 1. The number of amides is 1. The molecule has 0 spiro atoms. The second kappa shape index (κ2) is 9.98. The topological polar surface area (TPSA) is 71.3 Å². The molecular weight excluding hydrogens is 472 g/mol. The molecule has 2 saturated heterocycles. The van der Waals surface area contributed by atoms with Gasteiger partial charge in [0.1, 0.15) is 18.8 Å². The predicted octanol–water partition coefficient (Wildman–Crippen LogP) is 2.48. The molecule has 4 rings (SSSR count). The Hall–Kier alpha value is -2.48. The van der Waals surface area contributed by atoms with Crippen molar-refractivity contribution in [1.82, 2.24) is 4.90 Å². The lowest BCUT2D eigenvalue weighted by Crippen LogP contribution is -3.14. The molecule has 0 aliphatic carbocycles. The zero-order valence-electron chi connectivity index (χ0n) is 18.1. The summed E-state index contributed by atoms with van der Waals surface area (Å²) in [5.74, 6) is -1.32. The third kappa shape index (κ3) is 4.80. The van der Waals surface area contributed by atoms with E-state index < -0.39 is 17.7 Å². The maximum Gasteiger partial charge on any atom is 0.295 e. The number of carbonyl (C=O) groups is 2. The van der Waals surface area contributed by atoms with Gasteiger partial charge in [-0.15, -0.1) is 0 Å². The summed E-state index contributed by atoms with van der Waals surface area (Å²) < 4.78 is 6.29. The lowest BCUT2D eigenvalue weighted by molar-refractivity contribution is -0.908. The van der Waals surface area contributed by atoms with Crippen LogP contribution in [0, 0.1) is 6.92 Å². The summed E-state index contributed by atoms with van der Waals surface area (Å²) in [5, 5.41) is 11.1. The largest absolute Gasteiger partial charge is 0.507 e. The summed E-state index contributed by atoms with van der Waals surface area (Å²) in [7, 11) is 0. The standard InChI is InChI=1S/C25H27BrN2O4/c1-17-3-5-18(6-4-17)22-21(23(29)19-7-9-20(26)10-8-19)24(30)25(31)28(22)12-2-11-27-13-15-32-16-14-27/h3-10,22,29H,2,11-16H2,1H3/p+1/t22-/m1/s1. The van der Waals surface area contributed by atoms with Crippen molar-refractivity contribution in [3.63, 3.8) is 0 Å². The smallest absolute Gasteiger partial charge is 0.295 e. The van der Waals surface area contributed by atoms with Gasteiger partial charge in [0, 0.05) is 23.0 Å². The lowest BCUT2D eigenvalue weighted by Gasteiger charge is -2.27. The van der Waals surface area contributed by atoms with Gasteiger partial charge in [0.2, 0.25) is 0 Å². The number of carbonyl (C=O) groups excluding carboxylic acids is 2. The number of nitrogens with zero attached hydrogens (tertiary/aromatic N) is 1. The molecule has 1 amide bonds. The Morgan fingerprint density at radius 2 is 1.75 bits per heavy atom. The van der Waals surface area contributed by atoms with E-state index in [1.165, 1.54) is 4.90 Å². The molecular formula is C25H28BrN2O4+. The van der Waals surface area contributed by atoms with Crippen LogP contribution in [-0.2, 0) is 14.3 Å². The average molecular weight is 500 g/mol. The maximum absolute atomic E-state index is 13.1. The molecule has 0 radical (unpaired) electrons. The minimum Gasteiger partial charge on any atom is -0.507 e. The highest BCUT2D eigenvalue weighted by atomic mass is 79.9. The number of Topliss-reactive ketones (excluding diaryl/α,β-unsaturated/α-hetero) is 1. The molecule has 0 bridgehead atoms. The number of benzene rings is 2. The Morgan fingerprint density at radius 3 is 2.41 bits per heavy atom. The van der Waals surface area contributed by atoms with Crippen LogP contribution in [0.5, 0.6) is 0 Å². The van der Waals surface area contributed by atoms with E-state index >= 15 is 0 Å². The van der Waals surface area contributed by atoms with E-state index in [-0.39, 0.29) is 11.3 Å². The van der Waals surface area contributed by atoms with Crippen molar-refractivity contribution in [1.29, 1.82) is 0 Å². The van der Waals surface area contributed by atoms with Crippen molar-refractivity contribution in [2.75, 3.05) is 39.4 Å². The lowest BCUT2D eigenvalue weighted by atomic mass is 9.94. The van der Waals surface area contributed by atoms with Gasteiger partial charge in [-0.3, -0.25) is 9.59 Å². The number of morpholine rings is 1. The van der Waals surface area contributed by atoms with E-state index in [4.69, 9.17) is 4.74 Å². The van der Waals surface area contributed by atoms with E-state index in [0.29, 0.717) is 12.1 Å². The summed E-state index contributed by atoms with van der Waals surface area (Å²) in [6, 6.07) is 14.3. The second-order valence-electron chi connectivity index (χ2n) is 8.38. The van der Waals surface area contributed by atoms with Gasteiger partial charge < -0.3 is 19.6 Å². The Balaban J connectivity index is 1.66. The van der Waals surface area contributed by atoms with Crippen LogP contribution in [0.2, 0.25) is 0 Å². The predicted molar refractivity (Wildman–Crippen MR) is 125 cm³/mol. The Morgan fingerprint density at radius 1 is 1.09 bits per heavy atom. The Bertz CT molecular complexity index is 1010. The molecule has 2 N–H and O–H groups in total. The molecule has 2 aromatic rings. The third-order valence-electron chi connectivity index (χ3n) is 6.18. The molecule has 168 valence electrons. The molecule has 6 nitrogen and oxygen atoms in total. The van der Waals surface area contributed by atoms with Gasteiger partial charge in [0.15, 0.2) is 0 Å². The number of hydrogen-bond acceptors (Lipinski definition) is 4. The van der Waals surface area contributed by atoms with E-state index in [1.807, 2.05) is 31.2 Å². The van der Waals surface area contributed by atoms with Gasteiger partial charge in [-0.1, -0.05) is 57.9 Å². The first-order chi connectivity index (χ1) is 15.5. The van der Waals surface area contributed by atoms with Gasteiger partial charge in [-0.05, 0) is 24.6 Å². The highest BCUT2D eigenvalue weighted by Gasteiger charge is 2.45. The number of ether oxygens (including phenoxy) is 1. The molecule has 2 aliphatic heterocycles. The third-order valence-corrected chi connectivity index (χ3v) is 6.71. The average Bonchev–Trinajstić information content (AvgIpc) is 3.05. The fraction of sp³-hybridized carbons (Fsp3) is 0.360. The fourth-order valence-electron chi connectivity index (χ4n) is 4.38. The first-order valence-electron chi connectivity index (χ1n) is 11.0. The van der Waals surface area contributed by atoms with Crippen LogP contribution in [0.25, 0.3) is 5.76 Å². The monoisotopic (exact) mass is 499 g/mol. The van der Waals surface area contributed by atoms with Crippen LogP contribution < -0.4 is 4.90 Å². The number of ketones is 1. The molecule has 2 heterocycles. The van der Waals surface area contributed by atoms with Crippen molar-refractivity contribution in [2.24, 2.45) is 0 Å². The van der Waals surface area contributed by atoms with Crippen LogP contribution in [0.4, 0.5) is 0 Å². The molecule has 0 aromatic heterocycles. The van der Waals surface area contributed by atoms with Crippen LogP contribution in [-0.4, -0.2) is 61.1 Å². The Kier molecular flexibility index (Phi) is 7.08. The summed E-state index contributed by atoms with van der Waals surface area (Å²) in [6.07, 6.45) is 0.781. The fourth-order valence-corrected chi connectivity index (χ4v) is 4.64. The van der Waals surface area contributed by atoms with E-state index in [1.54, 1.807) is 29.2 Å². The van der Waals surface area contributed by atoms with Crippen molar-refractivity contribution >= 4 is 33.4 Å². The first-order valence-corrected chi connectivity index (χ1v) is 11.8. The number of aliphatic hydroxyl groups is 1. The highest BCUT2D eigenvalue weighted by molar-refractivity contribution is 9.10. The second-order valence-corrected chi connectivity index (χ2v) is 9.29.